The third-order valence-corrected chi connectivity index (χ3v) is 8.45. The Morgan fingerprint density at radius 2 is 0.875 bits per heavy atom. The highest BCUT2D eigenvalue weighted by Gasteiger charge is 2.22. The Morgan fingerprint density at radius 1 is 0.300 bits per heavy atom. The zero-order chi connectivity index (χ0) is 26.2. The fraction of sp³-hybridized carbons (Fsp3) is 0. The first kappa shape index (κ1) is 21.6. The summed E-state index contributed by atoms with van der Waals surface area (Å²) in [6.45, 7) is 0. The average Bonchev–Trinajstić information content (AvgIpc) is 3.55. The Hall–Kier alpha value is -5.34. The highest BCUT2D eigenvalue weighted by Crippen LogP contribution is 2.43. The van der Waals surface area contributed by atoms with E-state index in [2.05, 4.69) is 155 Å². The van der Waals surface area contributed by atoms with Gasteiger partial charge in [-0.1, -0.05) is 115 Å². The van der Waals surface area contributed by atoms with E-state index in [0.717, 1.165) is 0 Å². The van der Waals surface area contributed by atoms with Crippen LogP contribution in [0.1, 0.15) is 0 Å². The van der Waals surface area contributed by atoms with Crippen LogP contribution in [0.2, 0.25) is 0 Å². The third kappa shape index (κ3) is 2.88. The van der Waals surface area contributed by atoms with Crippen LogP contribution in [0.25, 0.3) is 76.5 Å². The van der Waals surface area contributed by atoms with E-state index < -0.39 is 0 Å². The van der Waals surface area contributed by atoms with E-state index >= 15 is 0 Å². The number of hydrogen-bond donors (Lipinski definition) is 0. The van der Waals surface area contributed by atoms with E-state index in [1.807, 2.05) is 0 Å². The van der Waals surface area contributed by atoms with Gasteiger partial charge in [-0.2, -0.15) is 0 Å². The van der Waals surface area contributed by atoms with Gasteiger partial charge in [0, 0.05) is 38.3 Å². The van der Waals surface area contributed by atoms with E-state index in [0.29, 0.717) is 0 Å². The normalized spacial score (nSPS) is 12.0. The first-order chi connectivity index (χ1) is 19.9. The molecule has 0 amide bonds. The minimum Gasteiger partial charge on any atom is -0.307 e. The number of hydrogen-bond acceptors (Lipinski definition) is 0. The molecule has 2 heterocycles. The maximum atomic E-state index is 2.49. The summed E-state index contributed by atoms with van der Waals surface area (Å²) in [4.78, 5) is 0. The molecule has 0 saturated carbocycles. The molecular weight excluding hydrogens is 484 g/mol. The minimum atomic E-state index is 1.17. The van der Waals surface area contributed by atoms with Gasteiger partial charge in [-0.25, -0.2) is 0 Å². The number of rotatable bonds is 2. The van der Waals surface area contributed by atoms with Crippen molar-refractivity contribution < 1.29 is 0 Å². The molecule has 186 valence electrons. The average molecular weight is 509 g/mol. The second-order valence-corrected chi connectivity index (χ2v) is 10.6. The highest BCUT2D eigenvalue weighted by atomic mass is 15.0. The predicted molar refractivity (Wildman–Crippen MR) is 170 cm³/mol. The van der Waals surface area contributed by atoms with Crippen LogP contribution in [-0.2, 0) is 0 Å². The van der Waals surface area contributed by atoms with Crippen LogP contribution in [0.15, 0.2) is 146 Å². The SMILES string of the molecule is c1ccc(-n2c3c4ccccc4ccc3c3ccc4c5ccccc5n(-c5ccc6ccccc6c5)c4c32)cc1. The van der Waals surface area contributed by atoms with Crippen molar-refractivity contribution in [3.05, 3.63) is 146 Å². The Balaban J connectivity index is 1.57. The largest absolute Gasteiger partial charge is 0.307 e. The molecule has 9 rings (SSSR count). The van der Waals surface area contributed by atoms with Crippen LogP contribution in [0.5, 0.6) is 0 Å². The van der Waals surface area contributed by atoms with Crippen LogP contribution >= 0.6 is 0 Å². The summed E-state index contributed by atoms with van der Waals surface area (Å²) in [6, 6.07) is 53.0. The Labute approximate surface area is 230 Å². The molecule has 0 bridgehead atoms. The van der Waals surface area contributed by atoms with Crippen molar-refractivity contribution in [2.24, 2.45) is 0 Å². The van der Waals surface area contributed by atoms with Crippen molar-refractivity contribution in [2.45, 2.75) is 0 Å². The molecule has 0 saturated heterocycles. The summed E-state index contributed by atoms with van der Waals surface area (Å²) < 4.78 is 4.96. The van der Waals surface area contributed by atoms with E-state index in [9.17, 15) is 0 Å². The lowest BCUT2D eigenvalue weighted by molar-refractivity contribution is 1.15. The number of aromatic nitrogens is 2. The Morgan fingerprint density at radius 3 is 1.73 bits per heavy atom. The first-order valence-corrected chi connectivity index (χ1v) is 13.8. The maximum absolute atomic E-state index is 2.49. The molecule has 0 aliphatic heterocycles. The molecule has 9 aromatic rings. The first-order valence-electron chi connectivity index (χ1n) is 13.8. The van der Waals surface area contributed by atoms with Gasteiger partial charge in [0.2, 0.25) is 0 Å². The molecule has 0 aliphatic rings. The maximum Gasteiger partial charge on any atom is 0.0789 e. The van der Waals surface area contributed by atoms with Gasteiger partial charge >= 0.3 is 0 Å². The van der Waals surface area contributed by atoms with E-state index in [1.54, 1.807) is 0 Å². The van der Waals surface area contributed by atoms with Crippen LogP contribution in [0.3, 0.4) is 0 Å². The predicted octanol–water partition coefficient (Wildman–Crippen LogP) is 10.2. The molecule has 2 nitrogen and oxygen atoms in total. The van der Waals surface area contributed by atoms with Gasteiger partial charge in [-0.15, -0.1) is 0 Å². The van der Waals surface area contributed by atoms with Crippen molar-refractivity contribution in [3.8, 4) is 11.4 Å². The smallest absolute Gasteiger partial charge is 0.0789 e. The number of benzene rings is 7. The Bertz CT molecular complexity index is 2420. The minimum absolute atomic E-state index is 1.17. The van der Waals surface area contributed by atoms with Crippen molar-refractivity contribution in [3.63, 3.8) is 0 Å². The molecule has 0 atom stereocenters. The van der Waals surface area contributed by atoms with E-state index in [1.165, 1.54) is 76.5 Å². The molecule has 7 aromatic carbocycles. The Kier molecular flexibility index (Phi) is 4.36. The van der Waals surface area contributed by atoms with Crippen molar-refractivity contribution >= 4 is 65.2 Å². The van der Waals surface area contributed by atoms with Gasteiger partial charge in [0.15, 0.2) is 0 Å². The summed E-state index contributed by atoms with van der Waals surface area (Å²) in [5, 5.41) is 10.1. The lowest BCUT2D eigenvalue weighted by atomic mass is 10.0. The summed E-state index contributed by atoms with van der Waals surface area (Å²) in [5.41, 5.74) is 7.28. The van der Waals surface area contributed by atoms with E-state index in [4.69, 9.17) is 0 Å². The van der Waals surface area contributed by atoms with Gasteiger partial charge < -0.3 is 9.13 Å². The van der Waals surface area contributed by atoms with Crippen LogP contribution < -0.4 is 0 Å². The van der Waals surface area contributed by atoms with Crippen molar-refractivity contribution in [2.75, 3.05) is 0 Å². The number of fused-ring (bicyclic) bond motifs is 10. The van der Waals surface area contributed by atoms with Gasteiger partial charge in [0.25, 0.3) is 0 Å². The summed E-state index contributed by atoms with van der Waals surface area (Å²) in [6.07, 6.45) is 0. The van der Waals surface area contributed by atoms with Crippen molar-refractivity contribution in [1.82, 2.24) is 9.13 Å². The molecule has 40 heavy (non-hydrogen) atoms. The molecule has 0 unspecified atom stereocenters. The van der Waals surface area contributed by atoms with Crippen LogP contribution in [0.4, 0.5) is 0 Å². The molecular formula is C38H24N2. The number of para-hydroxylation sites is 2. The molecule has 0 N–H and O–H groups in total. The van der Waals surface area contributed by atoms with Gasteiger partial charge in [-0.3, -0.25) is 0 Å². The lowest BCUT2D eigenvalue weighted by Gasteiger charge is -2.13. The third-order valence-electron chi connectivity index (χ3n) is 8.45. The van der Waals surface area contributed by atoms with Crippen molar-refractivity contribution in [1.29, 1.82) is 0 Å². The highest BCUT2D eigenvalue weighted by molar-refractivity contribution is 6.26. The lowest BCUT2D eigenvalue weighted by Crippen LogP contribution is -1.99. The molecule has 2 heteroatoms. The summed E-state index contributed by atoms with van der Waals surface area (Å²) >= 11 is 0. The van der Waals surface area contributed by atoms with Crippen LogP contribution in [-0.4, -0.2) is 9.13 Å². The van der Waals surface area contributed by atoms with Gasteiger partial charge in [0.1, 0.15) is 0 Å². The summed E-state index contributed by atoms with van der Waals surface area (Å²) in [7, 11) is 0. The number of nitrogens with zero attached hydrogens (tertiary/aromatic N) is 2. The fourth-order valence-electron chi connectivity index (χ4n) is 6.73. The quantitative estimate of drug-likeness (QED) is 0.220. The molecule has 0 aliphatic carbocycles. The van der Waals surface area contributed by atoms with Gasteiger partial charge in [0.05, 0.1) is 22.1 Å². The zero-order valence-electron chi connectivity index (χ0n) is 21.8. The second-order valence-electron chi connectivity index (χ2n) is 10.6. The van der Waals surface area contributed by atoms with Gasteiger partial charge in [-0.05, 0) is 46.5 Å². The topological polar surface area (TPSA) is 9.86 Å². The standard InChI is InChI=1S/C38H24N2/c1-2-13-28(14-3-1)40-36-30-15-7-6-11-26(30)19-21-33(36)34-23-22-32-31-16-8-9-17-35(31)39(37(32)38(34)40)29-20-18-25-10-4-5-12-27(25)24-29/h1-24H. The summed E-state index contributed by atoms with van der Waals surface area (Å²) in [5.74, 6) is 0. The second kappa shape index (κ2) is 8.08. The molecule has 0 spiro atoms. The molecule has 0 radical (unpaired) electrons. The monoisotopic (exact) mass is 508 g/mol. The zero-order valence-corrected chi connectivity index (χ0v) is 21.8. The fourth-order valence-corrected chi connectivity index (χ4v) is 6.73. The van der Waals surface area contributed by atoms with E-state index in [-0.39, 0.29) is 0 Å². The molecule has 2 aromatic heterocycles. The molecule has 0 fully saturated rings. The van der Waals surface area contributed by atoms with Crippen LogP contribution in [0, 0.1) is 0 Å².